The molecule has 3 heterocycles. The Morgan fingerprint density at radius 1 is 1.06 bits per heavy atom. The number of alkyl halides is 2. The second-order valence-corrected chi connectivity index (χ2v) is 9.27. The summed E-state index contributed by atoms with van der Waals surface area (Å²) in [5, 5.41) is 0.788. The Kier molecular flexibility index (Phi) is 3.96. The number of rotatable bonds is 2. The van der Waals surface area contributed by atoms with Crippen molar-refractivity contribution in [3.05, 3.63) is 65.4 Å². The highest BCUT2D eigenvalue weighted by Crippen LogP contribution is 2.56. The molecule has 1 aliphatic carbocycles. The topological polar surface area (TPSA) is 53.5 Å². The van der Waals surface area contributed by atoms with Crippen LogP contribution >= 0.6 is 0 Å². The number of carbonyl (C=O) groups is 2. The Bertz CT molecular complexity index is 1350. The van der Waals surface area contributed by atoms with Gasteiger partial charge in [-0.3, -0.25) is 14.6 Å². The van der Waals surface area contributed by atoms with Crippen molar-refractivity contribution in [1.82, 2.24) is 14.8 Å². The van der Waals surface area contributed by atoms with Crippen molar-refractivity contribution in [2.24, 2.45) is 0 Å². The normalized spacial score (nSPS) is 20.8. The fourth-order valence-corrected chi connectivity index (χ4v) is 5.16. The zero-order valence-corrected chi connectivity index (χ0v) is 18.0. The number of fused-ring (bicyclic) bond motifs is 3. The van der Waals surface area contributed by atoms with E-state index in [1.54, 1.807) is 11.0 Å². The van der Waals surface area contributed by atoms with Crippen LogP contribution in [0.15, 0.2) is 48.7 Å². The summed E-state index contributed by atoms with van der Waals surface area (Å²) < 4.78 is 34.8. The number of para-hydroxylation sites is 1. The van der Waals surface area contributed by atoms with E-state index in [0.29, 0.717) is 11.1 Å². The SMILES string of the molecule is [2H]CN1C(=O)c2ccc(-c3cccc4cc(C(=O)N5CCC(F)(F)CC5)cnc34)cc2C12CC2. The van der Waals surface area contributed by atoms with Crippen LogP contribution in [0.3, 0.4) is 0 Å². The fourth-order valence-electron chi connectivity index (χ4n) is 5.16. The van der Waals surface area contributed by atoms with E-state index in [1.807, 2.05) is 36.4 Å². The van der Waals surface area contributed by atoms with Crippen LogP contribution in [-0.2, 0) is 5.54 Å². The molecule has 2 aliphatic heterocycles. The molecule has 1 spiro atoms. The predicted octanol–water partition coefficient (Wildman–Crippen LogP) is 4.85. The van der Waals surface area contributed by atoms with Crippen molar-refractivity contribution in [1.29, 1.82) is 0 Å². The molecule has 0 radical (unpaired) electrons. The van der Waals surface area contributed by atoms with Gasteiger partial charge in [-0.05, 0) is 42.2 Å². The van der Waals surface area contributed by atoms with Crippen LogP contribution in [0.1, 0.15) is 53.3 Å². The molecule has 2 amide bonds. The molecule has 5 nitrogen and oxygen atoms in total. The van der Waals surface area contributed by atoms with Crippen molar-refractivity contribution in [3.63, 3.8) is 0 Å². The van der Waals surface area contributed by atoms with E-state index in [1.165, 1.54) is 11.1 Å². The number of carbonyl (C=O) groups excluding carboxylic acids is 2. The number of halogens is 2. The number of likely N-dealkylation sites (tertiary alicyclic amines) is 1. The number of nitrogens with zero attached hydrogens (tertiary/aromatic N) is 3. The summed E-state index contributed by atoms with van der Waals surface area (Å²) in [5.41, 5.74) is 4.25. The van der Waals surface area contributed by atoms with E-state index in [4.69, 9.17) is 1.37 Å². The van der Waals surface area contributed by atoms with Gasteiger partial charge in [-0.2, -0.15) is 0 Å². The molecule has 1 saturated carbocycles. The van der Waals surface area contributed by atoms with E-state index in [0.717, 1.165) is 40.4 Å². The number of hydrogen-bond acceptors (Lipinski definition) is 3. The molecule has 2 fully saturated rings. The second-order valence-electron chi connectivity index (χ2n) is 9.27. The zero-order valence-electron chi connectivity index (χ0n) is 19.0. The highest BCUT2D eigenvalue weighted by atomic mass is 19.3. The average molecular weight is 448 g/mol. The van der Waals surface area contributed by atoms with Gasteiger partial charge in [-0.25, -0.2) is 8.78 Å². The first-order chi connectivity index (χ1) is 16.3. The average Bonchev–Trinajstić information content (AvgIpc) is 3.60. The highest BCUT2D eigenvalue weighted by molar-refractivity contribution is 6.03. The lowest BCUT2D eigenvalue weighted by atomic mass is 9.95. The first-order valence-corrected chi connectivity index (χ1v) is 11.1. The number of benzene rings is 2. The van der Waals surface area contributed by atoms with E-state index in [9.17, 15) is 18.4 Å². The Morgan fingerprint density at radius 3 is 2.58 bits per heavy atom. The molecule has 0 unspecified atom stereocenters. The van der Waals surface area contributed by atoms with Crippen molar-refractivity contribution in [3.8, 4) is 11.1 Å². The summed E-state index contributed by atoms with van der Waals surface area (Å²) in [7, 11) is -0.0515. The monoisotopic (exact) mass is 448 g/mol. The maximum atomic E-state index is 13.5. The minimum Gasteiger partial charge on any atom is -0.338 e. The molecular formula is C26H23F2N3O2. The van der Waals surface area contributed by atoms with E-state index in [2.05, 4.69) is 4.98 Å². The molecule has 2 aromatic carbocycles. The zero-order chi connectivity index (χ0) is 23.7. The Morgan fingerprint density at radius 2 is 1.85 bits per heavy atom. The van der Waals surface area contributed by atoms with E-state index < -0.39 is 5.92 Å². The largest absolute Gasteiger partial charge is 0.338 e. The summed E-state index contributed by atoms with van der Waals surface area (Å²) in [5.74, 6) is -3.06. The predicted molar refractivity (Wildman–Crippen MR) is 120 cm³/mol. The van der Waals surface area contributed by atoms with Gasteiger partial charge in [-0.1, -0.05) is 24.3 Å². The van der Waals surface area contributed by atoms with Gasteiger partial charge in [0, 0.05) is 57.0 Å². The summed E-state index contributed by atoms with van der Waals surface area (Å²) in [4.78, 5) is 33.3. The Hall–Kier alpha value is -3.35. The van der Waals surface area contributed by atoms with Crippen LogP contribution in [0.5, 0.6) is 0 Å². The number of amides is 2. The van der Waals surface area contributed by atoms with Crippen LogP contribution in [0, 0.1) is 0 Å². The molecule has 168 valence electrons. The molecular weight excluding hydrogens is 424 g/mol. The molecule has 3 aliphatic rings. The Labute approximate surface area is 191 Å². The molecule has 33 heavy (non-hydrogen) atoms. The smallest absolute Gasteiger partial charge is 0.255 e. The first-order valence-electron chi connectivity index (χ1n) is 11.9. The molecule has 0 atom stereocenters. The third-order valence-corrected chi connectivity index (χ3v) is 7.29. The third-order valence-electron chi connectivity index (χ3n) is 7.29. The number of hydrogen-bond donors (Lipinski definition) is 0. The second kappa shape index (κ2) is 6.83. The lowest BCUT2D eigenvalue weighted by molar-refractivity contribution is -0.0494. The van der Waals surface area contributed by atoms with Crippen molar-refractivity contribution < 1.29 is 19.7 Å². The van der Waals surface area contributed by atoms with Crippen LogP contribution in [0.4, 0.5) is 8.78 Å². The van der Waals surface area contributed by atoms with Crippen LogP contribution in [0.2, 0.25) is 0 Å². The van der Waals surface area contributed by atoms with E-state index >= 15 is 0 Å². The minimum absolute atomic E-state index is 0.0366. The molecule has 0 N–H and O–H groups in total. The van der Waals surface area contributed by atoms with Gasteiger partial charge >= 0.3 is 0 Å². The summed E-state index contributed by atoms with van der Waals surface area (Å²) in [6.07, 6.45) is 2.63. The van der Waals surface area contributed by atoms with Crippen LogP contribution in [0.25, 0.3) is 22.0 Å². The first kappa shape index (κ1) is 19.1. The number of pyridine rings is 1. The van der Waals surface area contributed by atoms with Gasteiger partial charge in [0.05, 0.1) is 16.6 Å². The molecule has 1 saturated heterocycles. The maximum absolute atomic E-state index is 13.5. The number of aromatic nitrogens is 1. The minimum atomic E-state index is -2.70. The molecule has 1 aromatic heterocycles. The quantitative estimate of drug-likeness (QED) is 0.563. The molecule has 0 bridgehead atoms. The molecule has 6 rings (SSSR count). The van der Waals surface area contributed by atoms with Gasteiger partial charge in [0.2, 0.25) is 0 Å². The van der Waals surface area contributed by atoms with Crippen molar-refractivity contribution in [2.45, 2.75) is 37.1 Å². The standard InChI is InChI=1S/C26H23F2N3O2/c1-30-24(33)20-6-5-16(14-21(20)25(30)7-8-25)19-4-2-3-17-13-18(15-29-22(17)19)23(32)31-11-9-26(27,28)10-12-31/h2-6,13-15H,7-12H2,1H3/i1D. The lowest BCUT2D eigenvalue weighted by Gasteiger charge is -2.31. The van der Waals surface area contributed by atoms with Gasteiger partial charge in [0.25, 0.3) is 17.7 Å². The van der Waals surface area contributed by atoms with Crippen LogP contribution < -0.4 is 0 Å². The number of piperidine rings is 1. The van der Waals surface area contributed by atoms with Crippen molar-refractivity contribution in [2.75, 3.05) is 20.1 Å². The summed E-state index contributed by atoms with van der Waals surface area (Å²) >= 11 is 0. The van der Waals surface area contributed by atoms with Gasteiger partial charge in [0.15, 0.2) is 0 Å². The van der Waals surface area contributed by atoms with Crippen LogP contribution in [-0.4, -0.2) is 52.6 Å². The van der Waals surface area contributed by atoms with Gasteiger partial charge < -0.3 is 9.80 Å². The lowest BCUT2D eigenvalue weighted by Crippen LogP contribution is -2.42. The van der Waals surface area contributed by atoms with Gasteiger partial charge in [-0.15, -0.1) is 0 Å². The van der Waals surface area contributed by atoms with Crippen molar-refractivity contribution >= 4 is 22.7 Å². The third kappa shape index (κ3) is 3.05. The summed E-state index contributed by atoms with van der Waals surface area (Å²) in [6.45, 7) is 0.0731. The summed E-state index contributed by atoms with van der Waals surface area (Å²) in [6, 6.07) is 13.3. The highest BCUT2D eigenvalue weighted by Gasteiger charge is 2.56. The molecule has 3 aromatic rings. The van der Waals surface area contributed by atoms with Gasteiger partial charge in [0.1, 0.15) is 0 Å². The molecule has 7 heteroatoms. The Balaban J connectivity index is 1.35. The maximum Gasteiger partial charge on any atom is 0.255 e. The van der Waals surface area contributed by atoms with E-state index in [-0.39, 0.29) is 50.3 Å². The fraction of sp³-hybridized carbons (Fsp3) is 0.346.